The lowest BCUT2D eigenvalue weighted by Gasteiger charge is -2.05. The van der Waals surface area contributed by atoms with Crippen molar-refractivity contribution >= 4 is 16.9 Å². The first-order valence-corrected chi connectivity index (χ1v) is 5.15. The van der Waals surface area contributed by atoms with Crippen LogP contribution in [0.4, 0.5) is 0 Å². The molecule has 2 rings (SSSR count). The Labute approximate surface area is 93.7 Å². The Morgan fingerprint density at radius 3 is 2.75 bits per heavy atom. The molecule has 0 aliphatic carbocycles. The topological polar surface area (TPSA) is 50.2 Å². The number of pyridine rings is 1. The predicted octanol–water partition coefficient (Wildman–Crippen LogP) is 2.48. The summed E-state index contributed by atoms with van der Waals surface area (Å²) in [5.41, 5.74) is 3.69. The molecule has 0 spiro atoms. The Kier molecular flexibility index (Phi) is 2.60. The average Bonchev–Trinajstić information content (AvgIpc) is 2.15. The lowest BCUT2D eigenvalue weighted by Crippen LogP contribution is -2.03. The van der Waals surface area contributed by atoms with Gasteiger partial charge in [-0.15, -0.1) is 0 Å². The maximum Gasteiger partial charge on any atom is 0.309 e. The Morgan fingerprint density at radius 1 is 1.31 bits per heavy atom. The summed E-state index contributed by atoms with van der Waals surface area (Å²) in [6, 6.07) is 7.88. The summed E-state index contributed by atoms with van der Waals surface area (Å²) in [5.74, 6) is -0.848. The van der Waals surface area contributed by atoms with Crippen molar-refractivity contribution in [2.75, 3.05) is 0 Å². The maximum atomic E-state index is 10.6. The summed E-state index contributed by atoms with van der Waals surface area (Å²) < 4.78 is 0. The summed E-state index contributed by atoms with van der Waals surface area (Å²) in [6.07, 6.45) is -0.0231. The molecule has 3 heteroatoms. The monoisotopic (exact) mass is 215 g/mol. The molecule has 0 atom stereocenters. The van der Waals surface area contributed by atoms with Crippen LogP contribution in [0.2, 0.25) is 0 Å². The van der Waals surface area contributed by atoms with Crippen molar-refractivity contribution < 1.29 is 9.90 Å². The van der Waals surface area contributed by atoms with Gasteiger partial charge >= 0.3 is 5.97 Å². The minimum Gasteiger partial charge on any atom is -0.481 e. The fourth-order valence-electron chi connectivity index (χ4n) is 1.83. The Hall–Kier alpha value is -1.90. The highest BCUT2D eigenvalue weighted by molar-refractivity contribution is 5.83. The summed E-state index contributed by atoms with van der Waals surface area (Å²) in [5, 5.41) is 9.83. The Bertz CT molecular complexity index is 561. The number of hydrogen-bond acceptors (Lipinski definition) is 2. The summed E-state index contributed by atoms with van der Waals surface area (Å²) >= 11 is 0. The van der Waals surface area contributed by atoms with E-state index < -0.39 is 5.97 Å². The third-order valence-electron chi connectivity index (χ3n) is 2.56. The van der Waals surface area contributed by atoms with Gasteiger partial charge in [-0.1, -0.05) is 12.1 Å². The second kappa shape index (κ2) is 3.93. The van der Waals surface area contributed by atoms with Gasteiger partial charge in [0.15, 0.2) is 0 Å². The highest BCUT2D eigenvalue weighted by Gasteiger charge is 2.06. The molecule has 0 radical (unpaired) electrons. The van der Waals surface area contributed by atoms with Crippen LogP contribution >= 0.6 is 0 Å². The third kappa shape index (κ3) is 2.03. The van der Waals surface area contributed by atoms with Gasteiger partial charge in [-0.25, -0.2) is 0 Å². The smallest absolute Gasteiger partial charge is 0.309 e. The summed E-state index contributed by atoms with van der Waals surface area (Å²) in [7, 11) is 0. The molecule has 2 aromatic rings. The maximum absolute atomic E-state index is 10.6. The molecule has 0 fully saturated rings. The van der Waals surface area contributed by atoms with Crippen LogP contribution < -0.4 is 0 Å². The van der Waals surface area contributed by atoms with E-state index in [1.54, 1.807) is 0 Å². The molecule has 0 aliphatic heterocycles. The number of carbonyl (C=O) groups is 1. The number of benzene rings is 1. The third-order valence-corrected chi connectivity index (χ3v) is 2.56. The zero-order valence-corrected chi connectivity index (χ0v) is 9.32. The van der Waals surface area contributed by atoms with Gasteiger partial charge in [-0.05, 0) is 37.1 Å². The van der Waals surface area contributed by atoms with Crippen molar-refractivity contribution in [2.24, 2.45) is 0 Å². The van der Waals surface area contributed by atoms with Gasteiger partial charge in [-0.2, -0.15) is 0 Å². The standard InChI is InChI=1S/C13H13NO2/c1-8-3-4-11-9(2)6-10(7-13(15)16)14-12(11)5-8/h3-6H,7H2,1-2H3,(H,15,16). The Morgan fingerprint density at radius 2 is 2.06 bits per heavy atom. The number of aromatic nitrogens is 1. The van der Waals surface area contributed by atoms with Crippen LogP contribution in [0.3, 0.4) is 0 Å². The van der Waals surface area contributed by atoms with Gasteiger partial charge < -0.3 is 5.11 Å². The van der Waals surface area contributed by atoms with E-state index in [1.807, 2.05) is 38.1 Å². The second-order valence-corrected chi connectivity index (χ2v) is 4.02. The van der Waals surface area contributed by atoms with Crippen molar-refractivity contribution in [3.8, 4) is 0 Å². The quantitative estimate of drug-likeness (QED) is 0.837. The number of aliphatic carboxylic acids is 1. The first-order valence-electron chi connectivity index (χ1n) is 5.15. The van der Waals surface area contributed by atoms with Crippen LogP contribution in [0.15, 0.2) is 24.3 Å². The van der Waals surface area contributed by atoms with E-state index in [2.05, 4.69) is 4.98 Å². The van der Waals surface area contributed by atoms with E-state index in [-0.39, 0.29) is 6.42 Å². The van der Waals surface area contributed by atoms with E-state index >= 15 is 0 Å². The lowest BCUT2D eigenvalue weighted by molar-refractivity contribution is -0.136. The first kappa shape index (κ1) is 10.6. The van der Waals surface area contributed by atoms with Gasteiger partial charge in [0.25, 0.3) is 0 Å². The van der Waals surface area contributed by atoms with Crippen LogP contribution in [0.1, 0.15) is 16.8 Å². The number of carboxylic acids is 1. The van der Waals surface area contributed by atoms with Crippen molar-refractivity contribution in [1.82, 2.24) is 4.98 Å². The second-order valence-electron chi connectivity index (χ2n) is 4.02. The van der Waals surface area contributed by atoms with Crippen LogP contribution in [-0.2, 0) is 11.2 Å². The summed E-state index contributed by atoms with van der Waals surface area (Å²) in [6.45, 7) is 3.98. The zero-order chi connectivity index (χ0) is 11.7. The molecule has 1 heterocycles. The highest BCUT2D eigenvalue weighted by Crippen LogP contribution is 2.19. The summed E-state index contributed by atoms with van der Waals surface area (Å²) in [4.78, 5) is 15.0. The number of rotatable bonds is 2. The molecule has 0 saturated heterocycles. The normalized spacial score (nSPS) is 10.6. The van der Waals surface area contributed by atoms with Crippen LogP contribution in [0, 0.1) is 13.8 Å². The number of nitrogens with zero attached hydrogens (tertiary/aromatic N) is 1. The highest BCUT2D eigenvalue weighted by atomic mass is 16.4. The molecule has 1 aromatic heterocycles. The molecule has 0 saturated carbocycles. The molecule has 0 aliphatic rings. The molecule has 0 unspecified atom stereocenters. The minimum absolute atomic E-state index is 0.0231. The van der Waals surface area contributed by atoms with Crippen molar-refractivity contribution in [1.29, 1.82) is 0 Å². The van der Waals surface area contributed by atoms with Crippen molar-refractivity contribution in [2.45, 2.75) is 20.3 Å². The van der Waals surface area contributed by atoms with E-state index in [4.69, 9.17) is 5.11 Å². The predicted molar refractivity (Wildman–Crippen MR) is 62.6 cm³/mol. The van der Waals surface area contributed by atoms with Gasteiger partial charge in [0.1, 0.15) is 0 Å². The molecule has 0 bridgehead atoms. The first-order chi connectivity index (χ1) is 7.56. The molecule has 82 valence electrons. The van der Waals surface area contributed by atoms with Gasteiger partial charge in [0, 0.05) is 5.39 Å². The molecule has 3 nitrogen and oxygen atoms in total. The minimum atomic E-state index is -0.848. The van der Waals surface area contributed by atoms with Gasteiger partial charge in [0.2, 0.25) is 0 Å². The van der Waals surface area contributed by atoms with Crippen molar-refractivity contribution in [3.63, 3.8) is 0 Å². The molecule has 1 aromatic carbocycles. The fourth-order valence-corrected chi connectivity index (χ4v) is 1.83. The SMILES string of the molecule is Cc1ccc2c(C)cc(CC(=O)O)nc2c1. The largest absolute Gasteiger partial charge is 0.481 e. The van der Waals surface area contributed by atoms with E-state index in [0.717, 1.165) is 22.0 Å². The average molecular weight is 215 g/mol. The number of aryl methyl sites for hydroxylation is 2. The number of fused-ring (bicyclic) bond motifs is 1. The van der Waals surface area contributed by atoms with E-state index in [0.29, 0.717) is 5.69 Å². The van der Waals surface area contributed by atoms with E-state index in [1.165, 1.54) is 0 Å². The Balaban J connectivity index is 2.60. The molecule has 1 N–H and O–H groups in total. The van der Waals surface area contributed by atoms with Crippen LogP contribution in [0.25, 0.3) is 10.9 Å². The number of carboxylic acid groups (broad SMARTS) is 1. The number of hydrogen-bond donors (Lipinski definition) is 1. The molecule has 0 amide bonds. The molecular formula is C13H13NO2. The molecule has 16 heavy (non-hydrogen) atoms. The lowest BCUT2D eigenvalue weighted by atomic mass is 10.1. The van der Waals surface area contributed by atoms with E-state index in [9.17, 15) is 4.79 Å². The zero-order valence-electron chi connectivity index (χ0n) is 9.32. The van der Waals surface area contributed by atoms with Crippen molar-refractivity contribution in [3.05, 3.63) is 41.1 Å². The van der Waals surface area contributed by atoms with Gasteiger partial charge in [-0.3, -0.25) is 9.78 Å². The van der Waals surface area contributed by atoms with Crippen LogP contribution in [0.5, 0.6) is 0 Å². The molecular weight excluding hydrogens is 202 g/mol. The fraction of sp³-hybridized carbons (Fsp3) is 0.231. The van der Waals surface area contributed by atoms with Crippen LogP contribution in [-0.4, -0.2) is 16.1 Å². The van der Waals surface area contributed by atoms with Gasteiger partial charge in [0.05, 0.1) is 17.6 Å².